The van der Waals surface area contributed by atoms with Gasteiger partial charge in [-0.25, -0.2) is 4.79 Å². The number of ether oxygens (including phenoxy) is 2. The third-order valence-electron chi connectivity index (χ3n) is 4.99. The Balaban J connectivity index is 1.29. The second-order valence-corrected chi connectivity index (χ2v) is 7.09. The number of carbonyl (C=O) groups excluding carboxylic acids is 1. The van der Waals surface area contributed by atoms with Crippen molar-refractivity contribution in [3.63, 3.8) is 0 Å². The molecule has 2 aliphatic rings. The molecule has 0 unspecified atom stereocenters. The van der Waals surface area contributed by atoms with E-state index in [9.17, 15) is 13.6 Å². The lowest BCUT2D eigenvalue weighted by Gasteiger charge is -2.34. The van der Waals surface area contributed by atoms with E-state index in [1.165, 1.54) is 6.07 Å². The van der Waals surface area contributed by atoms with Gasteiger partial charge in [0, 0.05) is 38.4 Å². The summed E-state index contributed by atoms with van der Waals surface area (Å²) in [5.74, 6) is 5.47. The van der Waals surface area contributed by atoms with Crippen LogP contribution in [0.1, 0.15) is 5.56 Å². The molecule has 0 radical (unpaired) electrons. The molecule has 9 nitrogen and oxygen atoms in total. The SMILES string of the molecule is NNc1cc(NC(=O)N2CCN(Cc3ccc4c(c3)OC(F)(F)O4)CC2)ccc1N. The lowest BCUT2D eigenvalue weighted by molar-refractivity contribution is -0.286. The molecule has 6 N–H and O–H groups in total. The molecule has 0 saturated carbocycles. The average Bonchev–Trinajstić information content (AvgIpc) is 3.03. The van der Waals surface area contributed by atoms with Crippen molar-refractivity contribution in [2.75, 3.05) is 42.7 Å². The first-order valence-electron chi connectivity index (χ1n) is 9.36. The summed E-state index contributed by atoms with van der Waals surface area (Å²) in [5, 5.41) is 2.83. The maximum absolute atomic E-state index is 13.2. The molecule has 0 aromatic heterocycles. The Morgan fingerprint density at radius 1 is 1.07 bits per heavy atom. The Morgan fingerprint density at radius 2 is 1.80 bits per heavy atom. The van der Waals surface area contributed by atoms with Crippen LogP contribution in [0.4, 0.5) is 30.6 Å². The van der Waals surface area contributed by atoms with Crippen LogP contribution in [0, 0.1) is 0 Å². The molecule has 11 heteroatoms. The number of nitrogens with one attached hydrogen (secondary N) is 2. The largest absolute Gasteiger partial charge is 0.586 e. The lowest BCUT2D eigenvalue weighted by Crippen LogP contribution is -2.49. The van der Waals surface area contributed by atoms with E-state index in [0.29, 0.717) is 49.8 Å². The number of alkyl halides is 2. The van der Waals surface area contributed by atoms with E-state index in [-0.39, 0.29) is 17.5 Å². The topological polar surface area (TPSA) is 118 Å². The third kappa shape index (κ3) is 4.31. The second-order valence-electron chi connectivity index (χ2n) is 7.09. The molecule has 2 aliphatic heterocycles. The molecule has 2 aromatic carbocycles. The number of amides is 2. The lowest BCUT2D eigenvalue weighted by atomic mass is 10.1. The van der Waals surface area contributed by atoms with Crippen LogP contribution in [0.3, 0.4) is 0 Å². The zero-order valence-electron chi connectivity index (χ0n) is 16.0. The van der Waals surface area contributed by atoms with Gasteiger partial charge in [-0.1, -0.05) is 6.07 Å². The zero-order chi connectivity index (χ0) is 21.3. The van der Waals surface area contributed by atoms with Crippen LogP contribution in [-0.2, 0) is 6.54 Å². The highest BCUT2D eigenvalue weighted by atomic mass is 19.3. The van der Waals surface area contributed by atoms with Crippen molar-refractivity contribution in [3.8, 4) is 11.5 Å². The quantitative estimate of drug-likeness (QED) is 0.340. The van der Waals surface area contributed by atoms with Gasteiger partial charge in [0.05, 0.1) is 11.4 Å². The minimum atomic E-state index is -3.62. The van der Waals surface area contributed by atoms with E-state index in [2.05, 4.69) is 25.1 Å². The number of fused-ring (bicyclic) bond motifs is 1. The van der Waals surface area contributed by atoms with Gasteiger partial charge in [0.2, 0.25) is 0 Å². The number of halogens is 2. The first kappa shape index (κ1) is 20.0. The molecule has 0 bridgehead atoms. The molecule has 0 aliphatic carbocycles. The van der Waals surface area contributed by atoms with Crippen molar-refractivity contribution in [2.24, 2.45) is 5.84 Å². The highest BCUT2D eigenvalue weighted by Crippen LogP contribution is 2.41. The van der Waals surface area contributed by atoms with Gasteiger partial charge in [0.25, 0.3) is 0 Å². The van der Waals surface area contributed by atoms with Crippen LogP contribution in [0.5, 0.6) is 11.5 Å². The number of nitrogens with zero attached hydrogens (tertiary/aromatic N) is 2. The molecule has 1 saturated heterocycles. The predicted molar refractivity (Wildman–Crippen MR) is 107 cm³/mol. The van der Waals surface area contributed by atoms with Crippen molar-refractivity contribution in [2.45, 2.75) is 12.8 Å². The highest BCUT2D eigenvalue weighted by molar-refractivity contribution is 5.90. The van der Waals surface area contributed by atoms with E-state index >= 15 is 0 Å². The van der Waals surface area contributed by atoms with Crippen LogP contribution in [0.2, 0.25) is 0 Å². The number of nitrogens with two attached hydrogens (primary N) is 2. The number of hydrogen-bond acceptors (Lipinski definition) is 7. The van der Waals surface area contributed by atoms with Crippen molar-refractivity contribution < 1.29 is 23.0 Å². The summed E-state index contributed by atoms with van der Waals surface area (Å²) in [6.45, 7) is 2.92. The molecule has 0 spiro atoms. The summed E-state index contributed by atoms with van der Waals surface area (Å²) in [6.07, 6.45) is -3.62. The zero-order valence-corrected chi connectivity index (χ0v) is 16.0. The number of benzene rings is 2. The first-order chi connectivity index (χ1) is 14.3. The Labute approximate surface area is 171 Å². The van der Waals surface area contributed by atoms with E-state index in [0.717, 1.165) is 5.56 Å². The molecular weight excluding hydrogens is 398 g/mol. The monoisotopic (exact) mass is 420 g/mol. The van der Waals surface area contributed by atoms with Gasteiger partial charge in [0.15, 0.2) is 11.5 Å². The fraction of sp³-hybridized carbons (Fsp3) is 0.316. The molecule has 2 amide bonds. The molecule has 4 rings (SSSR count). The van der Waals surface area contributed by atoms with E-state index in [1.54, 1.807) is 35.2 Å². The third-order valence-corrected chi connectivity index (χ3v) is 4.99. The van der Waals surface area contributed by atoms with Crippen LogP contribution in [-0.4, -0.2) is 48.3 Å². The molecule has 30 heavy (non-hydrogen) atoms. The highest BCUT2D eigenvalue weighted by Gasteiger charge is 2.43. The number of urea groups is 1. The number of piperazine rings is 1. The van der Waals surface area contributed by atoms with Crippen molar-refractivity contribution in [3.05, 3.63) is 42.0 Å². The maximum atomic E-state index is 13.2. The number of nitrogen functional groups attached to an aromatic ring is 2. The van der Waals surface area contributed by atoms with E-state index in [4.69, 9.17) is 11.6 Å². The molecule has 2 aromatic rings. The number of carbonyl (C=O) groups is 1. The first-order valence-corrected chi connectivity index (χ1v) is 9.36. The number of anilines is 3. The van der Waals surface area contributed by atoms with Crippen LogP contribution in [0.15, 0.2) is 36.4 Å². The molecule has 0 atom stereocenters. The van der Waals surface area contributed by atoms with Crippen LogP contribution >= 0.6 is 0 Å². The Kier molecular flexibility index (Phi) is 5.22. The summed E-state index contributed by atoms with van der Waals surface area (Å²) in [7, 11) is 0. The van der Waals surface area contributed by atoms with Crippen molar-refractivity contribution >= 4 is 23.1 Å². The summed E-state index contributed by atoms with van der Waals surface area (Å²) >= 11 is 0. The number of rotatable bonds is 4. The van der Waals surface area contributed by atoms with E-state index in [1.807, 2.05) is 0 Å². The predicted octanol–water partition coefficient (Wildman–Crippen LogP) is 2.23. The average molecular weight is 420 g/mol. The molecule has 2 heterocycles. The Morgan fingerprint density at radius 3 is 2.53 bits per heavy atom. The van der Waals surface area contributed by atoms with Gasteiger partial charge in [-0.05, 0) is 35.9 Å². The van der Waals surface area contributed by atoms with Crippen LogP contribution in [0.25, 0.3) is 0 Å². The Bertz CT molecular complexity index is 950. The summed E-state index contributed by atoms with van der Waals surface area (Å²) in [5.41, 5.74) is 10.7. The fourth-order valence-corrected chi connectivity index (χ4v) is 3.42. The molecule has 1 fully saturated rings. The van der Waals surface area contributed by atoms with Crippen LogP contribution < -0.4 is 31.8 Å². The summed E-state index contributed by atoms with van der Waals surface area (Å²) < 4.78 is 35.2. The minimum absolute atomic E-state index is 0.0286. The van der Waals surface area contributed by atoms with E-state index < -0.39 is 6.29 Å². The van der Waals surface area contributed by atoms with Gasteiger partial charge in [-0.3, -0.25) is 10.7 Å². The normalized spacial score (nSPS) is 17.6. The minimum Gasteiger partial charge on any atom is -0.397 e. The standard InChI is InChI=1S/C19H22F2N6O3/c20-19(21)29-16-4-1-12(9-17(16)30-19)11-26-5-7-27(8-6-26)18(28)24-13-2-3-14(22)15(10-13)25-23/h1-4,9-10,25H,5-8,11,22-23H2,(H,24,28). The van der Waals surface area contributed by atoms with Gasteiger partial charge < -0.3 is 30.8 Å². The number of hydrazine groups is 1. The van der Waals surface area contributed by atoms with Gasteiger partial charge in [-0.15, -0.1) is 8.78 Å². The summed E-state index contributed by atoms with van der Waals surface area (Å²) in [4.78, 5) is 16.4. The van der Waals surface area contributed by atoms with Gasteiger partial charge >= 0.3 is 12.3 Å². The van der Waals surface area contributed by atoms with Gasteiger partial charge in [-0.2, -0.15) is 0 Å². The smallest absolute Gasteiger partial charge is 0.397 e. The Hall–Kier alpha value is -3.31. The fourth-order valence-electron chi connectivity index (χ4n) is 3.42. The number of hydrogen-bond donors (Lipinski definition) is 4. The molecule has 160 valence electrons. The van der Waals surface area contributed by atoms with Gasteiger partial charge in [0.1, 0.15) is 0 Å². The molecular formula is C19H22F2N6O3. The summed E-state index contributed by atoms with van der Waals surface area (Å²) in [6, 6.07) is 9.57. The van der Waals surface area contributed by atoms with Crippen molar-refractivity contribution in [1.82, 2.24) is 9.80 Å². The van der Waals surface area contributed by atoms with Crippen molar-refractivity contribution in [1.29, 1.82) is 0 Å². The second kappa shape index (κ2) is 7.84. The maximum Gasteiger partial charge on any atom is 0.586 e.